The average Bonchev–Trinajstić information content (AvgIpc) is 2.68. The Labute approximate surface area is 91.7 Å². The van der Waals surface area contributed by atoms with Crippen LogP contribution in [0.5, 0.6) is 0 Å². The van der Waals surface area contributed by atoms with Gasteiger partial charge in [-0.2, -0.15) is 0 Å². The van der Waals surface area contributed by atoms with E-state index in [-0.39, 0.29) is 0 Å². The Bertz CT molecular complexity index is 398. The molecule has 0 N–H and O–H groups in total. The van der Waals surface area contributed by atoms with Crippen molar-refractivity contribution in [2.24, 2.45) is 0 Å². The third-order valence-electron chi connectivity index (χ3n) is 1.75. The standard InChI is InChI=1S/C10H11N2S2/c1-2-13-10-8-12(11-14-10)9-6-4-3-5-7-9/h3-8H,2H2,1H3/q+1. The zero-order valence-corrected chi connectivity index (χ0v) is 9.52. The van der Waals surface area contributed by atoms with Crippen molar-refractivity contribution in [1.82, 2.24) is 4.49 Å². The minimum Gasteiger partial charge on any atom is -0.108 e. The van der Waals surface area contributed by atoms with Crippen LogP contribution >= 0.6 is 23.3 Å². The molecule has 0 aliphatic carbocycles. The van der Waals surface area contributed by atoms with E-state index in [1.165, 1.54) is 4.21 Å². The Hall–Kier alpha value is -0.870. The summed E-state index contributed by atoms with van der Waals surface area (Å²) >= 11 is 3.37. The Kier molecular flexibility index (Phi) is 3.16. The molecular weight excluding hydrogens is 212 g/mol. The molecule has 0 saturated heterocycles. The van der Waals surface area contributed by atoms with Gasteiger partial charge in [-0.3, -0.25) is 0 Å². The molecule has 0 fully saturated rings. The van der Waals surface area contributed by atoms with Crippen molar-refractivity contribution < 1.29 is 4.68 Å². The fourth-order valence-electron chi connectivity index (χ4n) is 1.14. The molecule has 0 aliphatic rings. The first kappa shape index (κ1) is 9.68. The van der Waals surface area contributed by atoms with Crippen molar-refractivity contribution >= 4 is 23.3 Å². The van der Waals surface area contributed by atoms with Crippen LogP contribution in [0, 0.1) is 0 Å². The van der Waals surface area contributed by atoms with Gasteiger partial charge in [0.05, 0.1) is 4.49 Å². The number of para-hydroxylation sites is 1. The van der Waals surface area contributed by atoms with Crippen LogP contribution < -0.4 is 4.68 Å². The molecule has 2 nitrogen and oxygen atoms in total. The molecule has 0 aliphatic heterocycles. The molecule has 14 heavy (non-hydrogen) atoms. The molecule has 2 rings (SSSR count). The maximum absolute atomic E-state index is 4.34. The molecule has 0 spiro atoms. The number of rotatable bonds is 3. The predicted octanol–water partition coefficient (Wildman–Crippen LogP) is 2.53. The zero-order valence-electron chi connectivity index (χ0n) is 7.88. The summed E-state index contributed by atoms with van der Waals surface area (Å²) in [5, 5.41) is 0. The largest absolute Gasteiger partial charge is 0.239 e. The van der Waals surface area contributed by atoms with Crippen LogP contribution in [0.3, 0.4) is 0 Å². The lowest BCUT2D eigenvalue weighted by Crippen LogP contribution is -2.30. The van der Waals surface area contributed by atoms with Crippen LogP contribution in [0.1, 0.15) is 6.92 Å². The summed E-state index contributed by atoms with van der Waals surface area (Å²) in [6.45, 7) is 2.15. The highest BCUT2D eigenvalue weighted by atomic mass is 32.2. The van der Waals surface area contributed by atoms with Crippen molar-refractivity contribution in [2.45, 2.75) is 11.1 Å². The predicted molar refractivity (Wildman–Crippen MR) is 60.0 cm³/mol. The number of nitrogens with zero attached hydrogens (tertiary/aromatic N) is 2. The normalized spacial score (nSPS) is 10.4. The van der Waals surface area contributed by atoms with Crippen LogP contribution in [0.25, 0.3) is 5.69 Å². The van der Waals surface area contributed by atoms with Crippen molar-refractivity contribution in [1.29, 1.82) is 0 Å². The van der Waals surface area contributed by atoms with Crippen molar-refractivity contribution in [3.05, 3.63) is 36.5 Å². The summed E-state index contributed by atoms with van der Waals surface area (Å²) in [6, 6.07) is 10.2. The van der Waals surface area contributed by atoms with E-state index in [0.29, 0.717) is 0 Å². The van der Waals surface area contributed by atoms with Crippen LogP contribution in [0.15, 0.2) is 40.7 Å². The molecule has 0 saturated carbocycles. The molecule has 1 heterocycles. The summed E-state index contributed by atoms with van der Waals surface area (Å²) in [5.74, 6) is 1.09. The van der Waals surface area contributed by atoms with Gasteiger partial charge in [0.25, 0.3) is 0 Å². The maximum atomic E-state index is 4.34. The van der Waals surface area contributed by atoms with E-state index < -0.39 is 0 Å². The van der Waals surface area contributed by atoms with Gasteiger partial charge in [0.15, 0.2) is 4.21 Å². The average molecular weight is 223 g/mol. The molecule has 4 heteroatoms. The lowest BCUT2D eigenvalue weighted by molar-refractivity contribution is -0.652. The van der Waals surface area contributed by atoms with Gasteiger partial charge < -0.3 is 0 Å². The monoisotopic (exact) mass is 223 g/mol. The van der Waals surface area contributed by atoms with E-state index in [1.807, 2.05) is 34.6 Å². The van der Waals surface area contributed by atoms with Gasteiger partial charge in [-0.05, 0) is 10.4 Å². The van der Waals surface area contributed by atoms with Crippen molar-refractivity contribution in [3.63, 3.8) is 0 Å². The lowest BCUT2D eigenvalue weighted by Gasteiger charge is -1.85. The number of hydrogen-bond acceptors (Lipinski definition) is 3. The summed E-state index contributed by atoms with van der Waals surface area (Å²) < 4.78 is 7.52. The van der Waals surface area contributed by atoms with Gasteiger partial charge in [0.2, 0.25) is 11.9 Å². The molecular formula is C10H11N2S2+. The van der Waals surface area contributed by atoms with Crippen LogP contribution in [-0.2, 0) is 0 Å². The Morgan fingerprint density at radius 2 is 2.14 bits per heavy atom. The maximum Gasteiger partial charge on any atom is 0.239 e. The SMILES string of the molecule is CCSc1c[n+](-c2ccccc2)ns1. The first-order valence-electron chi connectivity index (χ1n) is 4.47. The fraction of sp³-hybridized carbons (Fsp3) is 0.200. The first-order valence-corrected chi connectivity index (χ1v) is 6.23. The van der Waals surface area contributed by atoms with Crippen LogP contribution in [0.2, 0.25) is 0 Å². The molecule has 1 aromatic heterocycles. The first-order chi connectivity index (χ1) is 6.90. The highest BCUT2D eigenvalue weighted by Crippen LogP contribution is 2.19. The molecule has 0 atom stereocenters. The third-order valence-corrected chi connectivity index (χ3v) is 3.55. The third kappa shape index (κ3) is 2.13. The number of benzene rings is 1. The van der Waals surface area contributed by atoms with Crippen LogP contribution in [0.4, 0.5) is 0 Å². The van der Waals surface area contributed by atoms with Crippen LogP contribution in [-0.4, -0.2) is 10.2 Å². The molecule has 0 bridgehead atoms. The molecule has 0 radical (unpaired) electrons. The van der Waals surface area contributed by atoms with E-state index >= 15 is 0 Å². The van der Waals surface area contributed by atoms with Crippen molar-refractivity contribution in [3.8, 4) is 5.69 Å². The van der Waals surface area contributed by atoms with Gasteiger partial charge in [0, 0.05) is 23.7 Å². The topological polar surface area (TPSA) is 16.8 Å². The summed E-state index contributed by atoms with van der Waals surface area (Å²) in [4.78, 5) is 0. The molecule has 2 aromatic rings. The molecule has 0 unspecified atom stereocenters. The quantitative estimate of drug-likeness (QED) is 0.587. The summed E-state index contributed by atoms with van der Waals surface area (Å²) in [5.41, 5.74) is 1.12. The summed E-state index contributed by atoms with van der Waals surface area (Å²) in [6.07, 6.45) is 2.08. The van der Waals surface area contributed by atoms with Gasteiger partial charge in [-0.15, -0.1) is 11.8 Å². The molecule has 1 aromatic carbocycles. The second-order valence-electron chi connectivity index (χ2n) is 2.73. The number of aromatic nitrogens is 2. The van der Waals surface area contributed by atoms with Gasteiger partial charge in [0.1, 0.15) is 0 Å². The number of hydrogen-bond donors (Lipinski definition) is 0. The fourth-order valence-corrected chi connectivity index (χ4v) is 2.72. The van der Waals surface area contributed by atoms with E-state index in [4.69, 9.17) is 0 Å². The highest BCUT2D eigenvalue weighted by molar-refractivity contribution is 8.01. The van der Waals surface area contributed by atoms with Gasteiger partial charge >= 0.3 is 0 Å². The second kappa shape index (κ2) is 4.57. The van der Waals surface area contributed by atoms with Crippen molar-refractivity contribution in [2.75, 3.05) is 5.75 Å². The van der Waals surface area contributed by atoms with Gasteiger partial charge in [-0.25, -0.2) is 0 Å². The smallest absolute Gasteiger partial charge is 0.108 e. The minimum atomic E-state index is 1.09. The number of thioether (sulfide) groups is 1. The molecule has 0 amide bonds. The minimum absolute atomic E-state index is 1.09. The Balaban J connectivity index is 2.25. The Morgan fingerprint density at radius 1 is 1.36 bits per heavy atom. The van der Waals surface area contributed by atoms with E-state index in [2.05, 4.69) is 29.7 Å². The zero-order chi connectivity index (χ0) is 9.80. The Morgan fingerprint density at radius 3 is 2.86 bits per heavy atom. The highest BCUT2D eigenvalue weighted by Gasteiger charge is 2.11. The van der Waals surface area contributed by atoms with E-state index in [9.17, 15) is 0 Å². The lowest BCUT2D eigenvalue weighted by atomic mass is 10.3. The van der Waals surface area contributed by atoms with E-state index in [1.54, 1.807) is 11.5 Å². The van der Waals surface area contributed by atoms with E-state index in [0.717, 1.165) is 11.4 Å². The second-order valence-corrected chi connectivity index (χ2v) is 5.08. The summed E-state index contributed by atoms with van der Waals surface area (Å²) in [7, 11) is 0. The van der Waals surface area contributed by atoms with Gasteiger partial charge in [-0.1, -0.05) is 25.1 Å². The molecule has 72 valence electrons.